The molecular formula is C31H34N2O13. The largest absolute Gasteiger partial charge is 0.493 e. The molecule has 15 heteroatoms. The van der Waals surface area contributed by atoms with Gasteiger partial charge in [-0.2, -0.15) is 0 Å². The van der Waals surface area contributed by atoms with Gasteiger partial charge in [0.2, 0.25) is 12.0 Å². The number of aliphatic carboxylic acids is 1. The average Bonchev–Trinajstić information content (AvgIpc) is 3.42. The fourth-order valence-corrected chi connectivity index (χ4v) is 5.99. The second-order valence-corrected chi connectivity index (χ2v) is 11.1. The van der Waals surface area contributed by atoms with E-state index in [2.05, 4.69) is 5.32 Å². The fraction of sp³-hybridized carbons (Fsp3) is 0.419. The molecule has 46 heavy (non-hydrogen) atoms. The lowest BCUT2D eigenvalue weighted by molar-refractivity contribution is -0.278. The van der Waals surface area contributed by atoms with Gasteiger partial charge in [-0.1, -0.05) is 12.1 Å². The number of carboxylic acid groups (broad SMARTS) is 1. The van der Waals surface area contributed by atoms with Gasteiger partial charge in [-0.3, -0.25) is 9.59 Å². The Hall–Kier alpha value is -4.70. The van der Waals surface area contributed by atoms with Crippen molar-refractivity contribution in [3.63, 3.8) is 0 Å². The van der Waals surface area contributed by atoms with Crippen molar-refractivity contribution < 1.29 is 63.2 Å². The van der Waals surface area contributed by atoms with Crippen molar-refractivity contribution in [3.8, 4) is 28.7 Å². The number of ether oxygens (including phenoxy) is 7. The first-order chi connectivity index (χ1) is 22.1. The van der Waals surface area contributed by atoms with Crippen molar-refractivity contribution >= 4 is 17.5 Å². The van der Waals surface area contributed by atoms with E-state index in [1.807, 2.05) is 18.2 Å². The second kappa shape index (κ2) is 12.6. The summed E-state index contributed by atoms with van der Waals surface area (Å²) in [5.74, 6) is 0.0547. The number of methoxy groups -OCH3 is 2. The van der Waals surface area contributed by atoms with Gasteiger partial charge in [0.1, 0.15) is 55.0 Å². The Balaban J connectivity index is 1.32. The lowest BCUT2D eigenvalue weighted by Gasteiger charge is -2.40. The molecule has 7 N–H and O–H groups in total. The maximum atomic E-state index is 11.7. The second-order valence-electron chi connectivity index (χ2n) is 11.1. The molecule has 4 aliphatic rings. The standard InChI is InChI=1S/C31H34N2O13/c1-40-18-5-4-15-17-11-42-19-8-14(44-31-27(39)26(38)25(37)20(45-31)12-43-23(36)9-22(34)35)7-16(13-3-6-21(32)33-10-13)24(19)28(17)46-29(15)30(18)41-2/h3-8,17,20,25-28,31,33,37-39H,9-12,32H2,1-2H3,(H,34,35). The quantitative estimate of drug-likeness (QED) is 0.160. The summed E-state index contributed by atoms with van der Waals surface area (Å²) in [5, 5.41) is 43.6. The summed E-state index contributed by atoms with van der Waals surface area (Å²) in [7, 11) is 3.09. The summed E-state index contributed by atoms with van der Waals surface area (Å²) < 4.78 is 40.5. The van der Waals surface area contributed by atoms with Crippen LogP contribution < -0.4 is 34.7 Å². The third-order valence-electron chi connectivity index (χ3n) is 8.28. The van der Waals surface area contributed by atoms with Crippen LogP contribution in [0.1, 0.15) is 35.1 Å². The number of carbonyl (C=O) groups is 2. The van der Waals surface area contributed by atoms with Crippen molar-refractivity contribution in [1.82, 2.24) is 5.32 Å². The predicted molar refractivity (Wildman–Crippen MR) is 156 cm³/mol. The first kappa shape index (κ1) is 31.3. The van der Waals surface area contributed by atoms with E-state index in [4.69, 9.17) is 44.0 Å². The van der Waals surface area contributed by atoms with Crippen LogP contribution in [0.2, 0.25) is 0 Å². The Morgan fingerprint density at radius 2 is 1.87 bits per heavy atom. The minimum atomic E-state index is -1.73. The Labute approximate surface area is 262 Å². The fourth-order valence-electron chi connectivity index (χ4n) is 5.99. The molecule has 246 valence electrons. The summed E-state index contributed by atoms with van der Waals surface area (Å²) in [5.41, 5.74) is 9.11. The van der Waals surface area contributed by atoms with Crippen LogP contribution in [0, 0.1) is 0 Å². The number of hydrogen-bond donors (Lipinski definition) is 6. The molecule has 0 saturated carbocycles. The molecule has 1 saturated heterocycles. The molecule has 0 spiro atoms. The number of esters is 1. The molecule has 4 aliphatic heterocycles. The molecule has 6 rings (SSSR count). The van der Waals surface area contributed by atoms with E-state index in [0.29, 0.717) is 40.9 Å². The SMILES string of the molecule is COc1ccc2c(c1OC)OC1c3c(cc(OC4OC(COC(=O)CC(=O)O)C(O)C(O)C4O)cc3C3=CC=C(N)NC3)OCC21. The Kier molecular flexibility index (Phi) is 8.57. The van der Waals surface area contributed by atoms with Crippen molar-refractivity contribution in [1.29, 1.82) is 0 Å². The third-order valence-corrected chi connectivity index (χ3v) is 8.28. The molecule has 1 fully saturated rings. The monoisotopic (exact) mass is 642 g/mol. The van der Waals surface area contributed by atoms with Crippen LogP contribution in [0.4, 0.5) is 0 Å². The predicted octanol–water partition coefficient (Wildman–Crippen LogP) is 0.305. The molecule has 15 nitrogen and oxygen atoms in total. The summed E-state index contributed by atoms with van der Waals surface area (Å²) in [6.07, 6.45) is -5.70. The number of allylic oxidation sites excluding steroid dienone is 2. The number of dihydropyridines is 1. The van der Waals surface area contributed by atoms with Gasteiger partial charge < -0.3 is 64.6 Å². The normalized spacial score (nSPS) is 27.6. The van der Waals surface area contributed by atoms with Gasteiger partial charge in [0.15, 0.2) is 11.5 Å². The van der Waals surface area contributed by atoms with Crippen molar-refractivity contribution in [2.45, 2.75) is 49.1 Å². The molecule has 2 aromatic carbocycles. The van der Waals surface area contributed by atoms with Gasteiger partial charge in [0.25, 0.3) is 0 Å². The number of benzene rings is 2. The molecular weight excluding hydrogens is 608 g/mol. The number of carbonyl (C=O) groups excluding carboxylic acids is 1. The summed E-state index contributed by atoms with van der Waals surface area (Å²) in [6.45, 7) is 0.0540. The Bertz CT molecular complexity index is 1590. The summed E-state index contributed by atoms with van der Waals surface area (Å²) in [6, 6.07) is 7.07. The van der Waals surface area contributed by atoms with Crippen LogP contribution in [0.3, 0.4) is 0 Å². The topological polar surface area (TPSA) is 218 Å². The molecule has 0 radical (unpaired) electrons. The van der Waals surface area contributed by atoms with E-state index in [1.54, 1.807) is 32.4 Å². The maximum absolute atomic E-state index is 11.7. The highest BCUT2D eigenvalue weighted by Crippen LogP contribution is 2.57. The van der Waals surface area contributed by atoms with Gasteiger partial charge >= 0.3 is 11.9 Å². The minimum Gasteiger partial charge on any atom is -0.493 e. The number of hydrogen-bond acceptors (Lipinski definition) is 14. The van der Waals surface area contributed by atoms with Gasteiger partial charge in [-0.05, 0) is 29.3 Å². The average molecular weight is 643 g/mol. The number of nitrogens with one attached hydrogen (secondary N) is 1. The maximum Gasteiger partial charge on any atom is 0.317 e. The summed E-state index contributed by atoms with van der Waals surface area (Å²) in [4.78, 5) is 22.5. The van der Waals surface area contributed by atoms with Gasteiger partial charge in [0, 0.05) is 23.7 Å². The van der Waals surface area contributed by atoms with Gasteiger partial charge in [0.05, 0.1) is 32.6 Å². The molecule has 4 heterocycles. The van der Waals surface area contributed by atoms with E-state index in [0.717, 1.165) is 16.7 Å². The van der Waals surface area contributed by atoms with Crippen LogP contribution in [0.5, 0.6) is 28.7 Å². The minimum absolute atomic E-state index is 0.171. The van der Waals surface area contributed by atoms with Crippen LogP contribution in [-0.2, 0) is 19.1 Å². The first-order valence-corrected chi connectivity index (χ1v) is 14.5. The lowest BCUT2D eigenvalue weighted by Crippen LogP contribution is -2.60. The van der Waals surface area contributed by atoms with Crippen LogP contribution in [0.25, 0.3) is 5.57 Å². The number of aliphatic hydroxyl groups is 3. The van der Waals surface area contributed by atoms with Crippen LogP contribution in [0.15, 0.2) is 42.2 Å². The number of nitrogens with two attached hydrogens (primary N) is 1. The van der Waals surface area contributed by atoms with Crippen molar-refractivity contribution in [3.05, 3.63) is 58.9 Å². The highest BCUT2D eigenvalue weighted by molar-refractivity contribution is 5.90. The van der Waals surface area contributed by atoms with Gasteiger partial charge in [-0.15, -0.1) is 0 Å². The Morgan fingerprint density at radius 1 is 1.07 bits per heavy atom. The number of rotatable bonds is 9. The number of aliphatic hydroxyl groups excluding tert-OH is 3. The zero-order valence-corrected chi connectivity index (χ0v) is 24.9. The van der Waals surface area contributed by atoms with Crippen molar-refractivity contribution in [2.24, 2.45) is 5.73 Å². The molecule has 0 bridgehead atoms. The highest BCUT2D eigenvalue weighted by atomic mass is 16.7. The number of fused-ring (bicyclic) bond motifs is 5. The van der Waals surface area contributed by atoms with Crippen LogP contribution in [-0.4, -0.2) is 97.0 Å². The first-order valence-electron chi connectivity index (χ1n) is 14.5. The third kappa shape index (κ3) is 5.73. The molecule has 2 aromatic rings. The molecule has 7 unspecified atom stereocenters. The zero-order chi connectivity index (χ0) is 32.7. The van der Waals surface area contributed by atoms with Crippen molar-refractivity contribution in [2.75, 3.05) is 34.0 Å². The van der Waals surface area contributed by atoms with E-state index in [-0.39, 0.29) is 18.3 Å². The summed E-state index contributed by atoms with van der Waals surface area (Å²) >= 11 is 0. The van der Waals surface area contributed by atoms with E-state index >= 15 is 0 Å². The smallest absolute Gasteiger partial charge is 0.317 e. The number of carboxylic acids is 1. The van der Waals surface area contributed by atoms with Crippen LogP contribution >= 0.6 is 0 Å². The lowest BCUT2D eigenvalue weighted by atomic mass is 9.84. The molecule has 0 aromatic heterocycles. The van der Waals surface area contributed by atoms with E-state index in [9.17, 15) is 24.9 Å². The molecule has 0 amide bonds. The Morgan fingerprint density at radius 3 is 2.57 bits per heavy atom. The molecule has 0 aliphatic carbocycles. The van der Waals surface area contributed by atoms with E-state index in [1.165, 1.54) is 0 Å². The highest BCUT2D eigenvalue weighted by Gasteiger charge is 2.47. The molecule has 7 atom stereocenters. The van der Waals surface area contributed by atoms with Gasteiger partial charge in [-0.25, -0.2) is 0 Å². The van der Waals surface area contributed by atoms with E-state index < -0.39 is 61.8 Å². The zero-order valence-electron chi connectivity index (χ0n) is 24.9.